The molecular weight excluding hydrogens is 194 g/mol. The normalized spacial score (nSPS) is 15.6. The Hall–Kier alpha value is -0.690. The van der Waals surface area contributed by atoms with E-state index in [0.29, 0.717) is 0 Å². The molecular formula is C12H16ClN. The van der Waals surface area contributed by atoms with Crippen molar-refractivity contribution >= 4 is 17.3 Å². The first-order chi connectivity index (χ1) is 6.77. The summed E-state index contributed by atoms with van der Waals surface area (Å²) in [5.74, 6) is 0.988. The van der Waals surface area contributed by atoms with Crippen molar-refractivity contribution in [1.29, 1.82) is 0 Å². The van der Waals surface area contributed by atoms with Crippen molar-refractivity contribution in [3.05, 3.63) is 28.8 Å². The van der Waals surface area contributed by atoms with Gasteiger partial charge in [0.15, 0.2) is 0 Å². The number of hydrogen-bond donors (Lipinski definition) is 1. The van der Waals surface area contributed by atoms with Crippen LogP contribution in [-0.4, -0.2) is 6.54 Å². The van der Waals surface area contributed by atoms with Gasteiger partial charge in [-0.15, -0.1) is 0 Å². The molecule has 14 heavy (non-hydrogen) atoms. The van der Waals surface area contributed by atoms with Crippen molar-refractivity contribution in [2.24, 2.45) is 5.92 Å². The van der Waals surface area contributed by atoms with E-state index in [-0.39, 0.29) is 0 Å². The van der Waals surface area contributed by atoms with Crippen LogP contribution in [0.25, 0.3) is 0 Å². The highest BCUT2D eigenvalue weighted by molar-refractivity contribution is 6.31. The van der Waals surface area contributed by atoms with Gasteiger partial charge in [-0.25, -0.2) is 0 Å². The Kier molecular flexibility index (Phi) is 2.97. The van der Waals surface area contributed by atoms with Crippen molar-refractivity contribution < 1.29 is 0 Å². The molecule has 1 saturated carbocycles. The first-order valence-electron chi connectivity index (χ1n) is 5.26. The van der Waals surface area contributed by atoms with E-state index in [4.69, 9.17) is 11.6 Å². The molecule has 2 heteroatoms. The van der Waals surface area contributed by atoms with Crippen LogP contribution >= 0.6 is 11.6 Å². The van der Waals surface area contributed by atoms with E-state index in [1.54, 1.807) is 0 Å². The first-order valence-corrected chi connectivity index (χ1v) is 5.64. The fourth-order valence-corrected chi connectivity index (χ4v) is 1.79. The van der Waals surface area contributed by atoms with Gasteiger partial charge in [0.2, 0.25) is 0 Å². The highest BCUT2D eigenvalue weighted by Crippen LogP contribution is 2.32. The van der Waals surface area contributed by atoms with Crippen molar-refractivity contribution in [2.45, 2.75) is 26.2 Å². The molecule has 0 radical (unpaired) electrons. The van der Waals surface area contributed by atoms with Gasteiger partial charge in [0.05, 0.1) is 0 Å². The van der Waals surface area contributed by atoms with Crippen LogP contribution < -0.4 is 5.32 Å². The number of hydrogen-bond acceptors (Lipinski definition) is 1. The largest absolute Gasteiger partial charge is 0.385 e. The molecule has 0 saturated heterocycles. The van der Waals surface area contributed by atoms with E-state index in [1.165, 1.54) is 24.9 Å². The highest BCUT2D eigenvalue weighted by Gasteiger charge is 2.20. The summed E-state index contributed by atoms with van der Waals surface area (Å²) in [7, 11) is 0. The predicted octanol–water partition coefficient (Wildman–Crippen LogP) is 3.86. The van der Waals surface area contributed by atoms with Crippen LogP contribution in [0.5, 0.6) is 0 Å². The average Bonchev–Trinajstić information content (AvgIpc) is 2.96. The fourth-order valence-electron chi connectivity index (χ4n) is 1.62. The zero-order valence-electron chi connectivity index (χ0n) is 8.52. The Morgan fingerprint density at radius 1 is 1.43 bits per heavy atom. The predicted molar refractivity (Wildman–Crippen MR) is 62.0 cm³/mol. The molecule has 1 aliphatic carbocycles. The first kappa shape index (κ1) is 9.85. The minimum absolute atomic E-state index is 0.849. The van der Waals surface area contributed by atoms with Gasteiger partial charge in [0.1, 0.15) is 0 Å². The molecule has 0 atom stereocenters. The molecule has 76 valence electrons. The summed E-state index contributed by atoms with van der Waals surface area (Å²) >= 11 is 6.03. The third-order valence-corrected chi connectivity index (χ3v) is 3.24. The molecule has 1 N–H and O–H groups in total. The zero-order valence-corrected chi connectivity index (χ0v) is 9.27. The lowest BCUT2D eigenvalue weighted by Gasteiger charge is -2.09. The minimum atomic E-state index is 0.849. The maximum atomic E-state index is 6.03. The summed E-state index contributed by atoms with van der Waals surface area (Å²) in [5.41, 5.74) is 2.34. The Morgan fingerprint density at radius 2 is 2.21 bits per heavy atom. The van der Waals surface area contributed by atoms with E-state index in [2.05, 4.69) is 18.3 Å². The van der Waals surface area contributed by atoms with Gasteiger partial charge in [-0.3, -0.25) is 0 Å². The van der Waals surface area contributed by atoms with Crippen molar-refractivity contribution in [1.82, 2.24) is 0 Å². The van der Waals surface area contributed by atoms with Gasteiger partial charge in [0, 0.05) is 17.3 Å². The second-order valence-corrected chi connectivity index (χ2v) is 4.48. The second kappa shape index (κ2) is 4.22. The molecule has 2 rings (SSSR count). The molecule has 0 heterocycles. The minimum Gasteiger partial charge on any atom is -0.385 e. The Labute approximate surface area is 90.5 Å². The van der Waals surface area contributed by atoms with Gasteiger partial charge in [0.25, 0.3) is 0 Å². The van der Waals surface area contributed by atoms with E-state index in [1.807, 2.05) is 12.1 Å². The van der Waals surface area contributed by atoms with Gasteiger partial charge < -0.3 is 5.32 Å². The van der Waals surface area contributed by atoms with Crippen LogP contribution in [0.4, 0.5) is 5.69 Å². The number of halogens is 1. The lowest BCUT2D eigenvalue weighted by atomic mass is 10.2. The van der Waals surface area contributed by atoms with Crippen LogP contribution in [0.2, 0.25) is 5.02 Å². The number of anilines is 1. The summed E-state index contributed by atoms with van der Waals surface area (Å²) in [6, 6.07) is 6.02. The molecule has 0 aliphatic heterocycles. The molecule has 0 aromatic heterocycles. The molecule has 0 spiro atoms. The molecule has 0 bridgehead atoms. The van der Waals surface area contributed by atoms with E-state index in [9.17, 15) is 0 Å². The Morgan fingerprint density at radius 3 is 2.93 bits per heavy atom. The molecule has 1 aromatic carbocycles. The average molecular weight is 210 g/mol. The number of nitrogens with one attached hydrogen (secondary N) is 1. The van der Waals surface area contributed by atoms with E-state index in [0.717, 1.165) is 23.0 Å². The smallest absolute Gasteiger partial charge is 0.0455 e. The fraction of sp³-hybridized carbons (Fsp3) is 0.500. The lowest BCUT2D eigenvalue weighted by molar-refractivity contribution is 0.760. The van der Waals surface area contributed by atoms with Crippen molar-refractivity contribution in [3.63, 3.8) is 0 Å². The zero-order chi connectivity index (χ0) is 9.97. The number of rotatable bonds is 4. The van der Waals surface area contributed by atoms with Crippen LogP contribution in [0, 0.1) is 12.8 Å². The van der Waals surface area contributed by atoms with Gasteiger partial charge in [-0.2, -0.15) is 0 Å². The molecule has 1 nitrogen and oxygen atoms in total. The third kappa shape index (κ3) is 2.42. The topological polar surface area (TPSA) is 12.0 Å². The lowest BCUT2D eigenvalue weighted by Crippen LogP contribution is -2.03. The molecule has 0 unspecified atom stereocenters. The summed E-state index contributed by atoms with van der Waals surface area (Å²) in [6.45, 7) is 3.13. The van der Waals surface area contributed by atoms with Crippen LogP contribution in [0.3, 0.4) is 0 Å². The SMILES string of the molecule is Cc1c(Cl)cccc1NCCC1CC1. The van der Waals surface area contributed by atoms with Crippen LogP contribution in [0.1, 0.15) is 24.8 Å². The molecule has 1 aromatic rings. The van der Waals surface area contributed by atoms with Crippen LogP contribution in [0.15, 0.2) is 18.2 Å². The summed E-state index contributed by atoms with van der Waals surface area (Å²) in [4.78, 5) is 0. The van der Waals surface area contributed by atoms with Crippen molar-refractivity contribution in [2.75, 3.05) is 11.9 Å². The molecule has 1 fully saturated rings. The van der Waals surface area contributed by atoms with Gasteiger partial charge in [-0.1, -0.05) is 30.5 Å². The van der Waals surface area contributed by atoms with Crippen molar-refractivity contribution in [3.8, 4) is 0 Å². The molecule has 0 amide bonds. The maximum absolute atomic E-state index is 6.03. The standard InChI is InChI=1S/C12H16ClN/c1-9-11(13)3-2-4-12(9)14-8-7-10-5-6-10/h2-4,10,14H,5-8H2,1H3. The second-order valence-electron chi connectivity index (χ2n) is 4.07. The summed E-state index contributed by atoms with van der Waals surface area (Å²) in [5, 5.41) is 4.29. The van der Waals surface area contributed by atoms with Gasteiger partial charge >= 0.3 is 0 Å². The van der Waals surface area contributed by atoms with Crippen LogP contribution in [-0.2, 0) is 0 Å². The number of benzene rings is 1. The van der Waals surface area contributed by atoms with E-state index < -0.39 is 0 Å². The maximum Gasteiger partial charge on any atom is 0.0455 e. The Balaban J connectivity index is 1.90. The third-order valence-electron chi connectivity index (χ3n) is 2.83. The molecule has 1 aliphatic rings. The van der Waals surface area contributed by atoms with E-state index >= 15 is 0 Å². The Bertz CT molecular complexity index is 318. The monoisotopic (exact) mass is 209 g/mol. The summed E-state index contributed by atoms with van der Waals surface area (Å²) < 4.78 is 0. The summed E-state index contributed by atoms with van der Waals surface area (Å²) in [6.07, 6.45) is 4.15. The highest BCUT2D eigenvalue weighted by atomic mass is 35.5. The van der Waals surface area contributed by atoms with Gasteiger partial charge in [-0.05, 0) is 37.0 Å². The quantitative estimate of drug-likeness (QED) is 0.794.